The average molecular weight is 305 g/mol. The highest BCUT2D eigenvalue weighted by Crippen LogP contribution is 2.26. The molecule has 2 aromatic carbocycles. The van der Waals surface area contributed by atoms with Gasteiger partial charge < -0.3 is 4.90 Å². The zero-order valence-corrected chi connectivity index (χ0v) is 13.6. The van der Waals surface area contributed by atoms with Crippen LogP contribution in [0.15, 0.2) is 66.7 Å². The smallest absolute Gasteiger partial charge is 0.230 e. The zero-order valence-electron chi connectivity index (χ0n) is 13.6. The van der Waals surface area contributed by atoms with E-state index in [1.807, 2.05) is 23.1 Å². The summed E-state index contributed by atoms with van der Waals surface area (Å²) in [5, 5.41) is 0. The number of amides is 1. The summed E-state index contributed by atoms with van der Waals surface area (Å²) in [4.78, 5) is 15.0. The summed E-state index contributed by atoms with van der Waals surface area (Å²) in [6.45, 7) is 2.70. The molecular weight excluding hydrogens is 282 g/mol. The summed E-state index contributed by atoms with van der Waals surface area (Å²) in [5.41, 5.74) is 3.35. The van der Waals surface area contributed by atoms with Gasteiger partial charge in [0.2, 0.25) is 5.91 Å². The van der Waals surface area contributed by atoms with E-state index < -0.39 is 0 Å². The Morgan fingerprint density at radius 3 is 2.43 bits per heavy atom. The second-order valence-electron chi connectivity index (χ2n) is 6.23. The summed E-state index contributed by atoms with van der Waals surface area (Å²) in [6, 6.07) is 18.5. The van der Waals surface area contributed by atoms with Crippen LogP contribution in [0.5, 0.6) is 0 Å². The Hall–Kier alpha value is -2.35. The minimum Gasteiger partial charge on any atom is -0.308 e. The Kier molecular flexibility index (Phi) is 4.92. The van der Waals surface area contributed by atoms with Crippen LogP contribution in [-0.4, -0.2) is 5.91 Å². The third-order valence-corrected chi connectivity index (χ3v) is 4.41. The summed E-state index contributed by atoms with van der Waals surface area (Å²) < 4.78 is 0. The molecule has 0 heterocycles. The zero-order chi connectivity index (χ0) is 16.1. The second kappa shape index (κ2) is 7.28. The van der Waals surface area contributed by atoms with Gasteiger partial charge >= 0.3 is 0 Å². The number of hydrogen-bond donors (Lipinski definition) is 0. The van der Waals surface area contributed by atoms with Crippen molar-refractivity contribution in [3.63, 3.8) is 0 Å². The minimum absolute atomic E-state index is 0.102. The summed E-state index contributed by atoms with van der Waals surface area (Å²) in [7, 11) is 0. The van der Waals surface area contributed by atoms with Crippen molar-refractivity contribution in [3.05, 3.63) is 77.9 Å². The van der Waals surface area contributed by atoms with Crippen LogP contribution in [0.25, 0.3) is 0 Å². The number of carbonyl (C=O) groups is 1. The highest BCUT2D eigenvalue weighted by atomic mass is 16.2. The lowest BCUT2D eigenvalue weighted by Gasteiger charge is -2.28. The Morgan fingerprint density at radius 1 is 1.04 bits per heavy atom. The third kappa shape index (κ3) is 3.89. The molecule has 1 atom stereocenters. The molecule has 0 saturated carbocycles. The maximum absolute atomic E-state index is 13.1. The topological polar surface area (TPSA) is 20.3 Å². The first-order valence-electron chi connectivity index (χ1n) is 8.31. The number of benzene rings is 2. The molecule has 1 amide bonds. The normalized spacial score (nSPS) is 17.0. The highest BCUT2D eigenvalue weighted by molar-refractivity contribution is 5.95. The highest BCUT2D eigenvalue weighted by Gasteiger charge is 2.25. The number of allylic oxidation sites excluding steroid dienone is 2. The van der Waals surface area contributed by atoms with E-state index >= 15 is 0 Å². The van der Waals surface area contributed by atoms with Crippen LogP contribution < -0.4 is 4.90 Å². The Bertz CT molecular complexity index is 673. The Morgan fingerprint density at radius 2 is 1.78 bits per heavy atom. The fourth-order valence-electron chi connectivity index (χ4n) is 3.03. The molecule has 118 valence electrons. The van der Waals surface area contributed by atoms with Crippen molar-refractivity contribution >= 4 is 11.6 Å². The van der Waals surface area contributed by atoms with Crippen LogP contribution in [0.2, 0.25) is 0 Å². The standard InChI is InChI=1S/C21H23NO/c1-17-12-14-20(15-13-17)22(16-18-8-4-2-5-9-18)21(23)19-10-6-3-7-11-19/h2-6,8-9,12-15,19H,7,10-11,16H2,1H3. The number of hydrogen-bond acceptors (Lipinski definition) is 1. The van der Waals surface area contributed by atoms with Crippen molar-refractivity contribution in [3.8, 4) is 0 Å². The molecular formula is C21H23NO. The maximum atomic E-state index is 13.1. The van der Waals surface area contributed by atoms with Crippen molar-refractivity contribution < 1.29 is 4.79 Å². The van der Waals surface area contributed by atoms with Gasteiger partial charge in [0.15, 0.2) is 0 Å². The van der Waals surface area contributed by atoms with Crippen molar-refractivity contribution in [2.24, 2.45) is 5.92 Å². The lowest BCUT2D eigenvalue weighted by Crippen LogP contribution is -2.36. The van der Waals surface area contributed by atoms with E-state index in [1.165, 1.54) is 5.56 Å². The largest absolute Gasteiger partial charge is 0.308 e. The molecule has 0 aliphatic heterocycles. The second-order valence-corrected chi connectivity index (χ2v) is 6.23. The molecule has 0 spiro atoms. The fraction of sp³-hybridized carbons (Fsp3) is 0.286. The van der Waals surface area contributed by atoms with Gasteiger partial charge in [-0.05, 0) is 43.9 Å². The quantitative estimate of drug-likeness (QED) is 0.737. The van der Waals surface area contributed by atoms with Gasteiger partial charge in [-0.25, -0.2) is 0 Å². The van der Waals surface area contributed by atoms with Gasteiger partial charge in [-0.15, -0.1) is 0 Å². The molecule has 1 unspecified atom stereocenters. The van der Waals surface area contributed by atoms with E-state index in [4.69, 9.17) is 0 Å². The van der Waals surface area contributed by atoms with Crippen LogP contribution >= 0.6 is 0 Å². The molecule has 1 aliphatic carbocycles. The van der Waals surface area contributed by atoms with Gasteiger partial charge in [-0.3, -0.25) is 4.79 Å². The molecule has 0 aromatic heterocycles. The van der Waals surface area contributed by atoms with E-state index in [0.29, 0.717) is 6.54 Å². The summed E-state index contributed by atoms with van der Waals surface area (Å²) in [5.74, 6) is 0.340. The van der Waals surface area contributed by atoms with E-state index in [-0.39, 0.29) is 11.8 Å². The van der Waals surface area contributed by atoms with E-state index in [9.17, 15) is 4.79 Å². The van der Waals surface area contributed by atoms with Crippen molar-refractivity contribution in [2.75, 3.05) is 4.90 Å². The predicted octanol–water partition coefficient (Wildman–Crippen LogP) is 4.88. The van der Waals surface area contributed by atoms with Crippen LogP contribution in [0.3, 0.4) is 0 Å². The first-order chi connectivity index (χ1) is 11.2. The monoisotopic (exact) mass is 305 g/mol. The van der Waals surface area contributed by atoms with Crippen molar-refractivity contribution in [1.82, 2.24) is 0 Å². The van der Waals surface area contributed by atoms with E-state index in [0.717, 1.165) is 30.5 Å². The molecule has 0 radical (unpaired) electrons. The van der Waals surface area contributed by atoms with Crippen LogP contribution in [0.1, 0.15) is 30.4 Å². The molecule has 1 aliphatic rings. The number of carbonyl (C=O) groups excluding carboxylic acids is 1. The molecule has 2 heteroatoms. The number of rotatable bonds is 4. The van der Waals surface area contributed by atoms with Crippen molar-refractivity contribution in [1.29, 1.82) is 0 Å². The Balaban J connectivity index is 1.87. The SMILES string of the molecule is Cc1ccc(N(Cc2ccccc2)C(=O)C2CC=CCC2)cc1. The number of anilines is 1. The maximum Gasteiger partial charge on any atom is 0.230 e. The average Bonchev–Trinajstić information content (AvgIpc) is 2.62. The molecule has 3 rings (SSSR count). The molecule has 0 saturated heterocycles. The van der Waals surface area contributed by atoms with Gasteiger partial charge in [0.25, 0.3) is 0 Å². The summed E-state index contributed by atoms with van der Waals surface area (Å²) in [6.07, 6.45) is 7.13. The minimum atomic E-state index is 0.102. The predicted molar refractivity (Wildman–Crippen MR) is 95.3 cm³/mol. The molecule has 0 fully saturated rings. The molecule has 0 bridgehead atoms. The molecule has 23 heavy (non-hydrogen) atoms. The first kappa shape index (κ1) is 15.5. The number of nitrogens with zero attached hydrogens (tertiary/aromatic N) is 1. The van der Waals surface area contributed by atoms with Gasteiger partial charge in [-0.1, -0.05) is 60.2 Å². The number of aryl methyl sites for hydroxylation is 1. The lowest BCUT2D eigenvalue weighted by molar-refractivity contribution is -0.122. The van der Waals surface area contributed by atoms with Gasteiger partial charge in [-0.2, -0.15) is 0 Å². The third-order valence-electron chi connectivity index (χ3n) is 4.41. The molecule has 2 nitrogen and oxygen atoms in total. The van der Waals surface area contributed by atoms with Gasteiger partial charge in [0, 0.05) is 11.6 Å². The summed E-state index contributed by atoms with van der Waals surface area (Å²) >= 11 is 0. The Labute approximate surface area is 138 Å². The lowest BCUT2D eigenvalue weighted by atomic mass is 9.92. The van der Waals surface area contributed by atoms with E-state index in [2.05, 4.69) is 55.5 Å². The van der Waals surface area contributed by atoms with Crippen LogP contribution in [-0.2, 0) is 11.3 Å². The first-order valence-corrected chi connectivity index (χ1v) is 8.31. The van der Waals surface area contributed by atoms with Crippen LogP contribution in [0, 0.1) is 12.8 Å². The van der Waals surface area contributed by atoms with E-state index in [1.54, 1.807) is 0 Å². The van der Waals surface area contributed by atoms with Crippen molar-refractivity contribution in [2.45, 2.75) is 32.7 Å². The fourth-order valence-corrected chi connectivity index (χ4v) is 3.03. The van der Waals surface area contributed by atoms with Gasteiger partial charge in [0.1, 0.15) is 0 Å². The van der Waals surface area contributed by atoms with Gasteiger partial charge in [0.05, 0.1) is 6.54 Å². The molecule has 2 aromatic rings. The molecule has 0 N–H and O–H groups in total. The van der Waals surface area contributed by atoms with Crippen LogP contribution in [0.4, 0.5) is 5.69 Å².